The number of nitrogens with zero attached hydrogens (tertiary/aromatic N) is 5. The maximum Gasteiger partial charge on any atom is 0.267 e. The van der Waals surface area contributed by atoms with Crippen molar-refractivity contribution in [2.75, 3.05) is 5.32 Å². The lowest BCUT2D eigenvalue weighted by atomic mass is 10.1. The summed E-state index contributed by atoms with van der Waals surface area (Å²) >= 11 is 0. The van der Waals surface area contributed by atoms with Gasteiger partial charge in [0.25, 0.3) is 5.56 Å². The van der Waals surface area contributed by atoms with Gasteiger partial charge in [-0.2, -0.15) is 5.10 Å². The summed E-state index contributed by atoms with van der Waals surface area (Å²) < 4.78 is 2.94. The predicted octanol–water partition coefficient (Wildman–Crippen LogP) is 2.78. The van der Waals surface area contributed by atoms with E-state index in [1.165, 1.54) is 10.7 Å². The monoisotopic (exact) mass is 400 g/mol. The largest absolute Gasteiger partial charge is 0.308 e. The van der Waals surface area contributed by atoms with E-state index in [9.17, 15) is 9.59 Å². The molecule has 1 aliphatic rings. The second kappa shape index (κ2) is 7.22. The highest BCUT2D eigenvalue weighted by molar-refractivity contribution is 5.94. The van der Waals surface area contributed by atoms with Gasteiger partial charge in [-0.3, -0.25) is 14.0 Å². The first-order valence-electron chi connectivity index (χ1n) is 9.86. The van der Waals surface area contributed by atoms with E-state index in [2.05, 4.69) is 20.4 Å². The van der Waals surface area contributed by atoms with Crippen LogP contribution in [0.25, 0.3) is 17.0 Å². The van der Waals surface area contributed by atoms with E-state index in [1.54, 1.807) is 28.9 Å². The Morgan fingerprint density at radius 3 is 2.73 bits per heavy atom. The van der Waals surface area contributed by atoms with Gasteiger partial charge in [0.15, 0.2) is 0 Å². The fourth-order valence-electron chi connectivity index (χ4n) is 3.40. The highest BCUT2D eigenvalue weighted by Gasteiger charge is 2.26. The third kappa shape index (κ3) is 3.47. The number of nitrogens with one attached hydrogen (secondary N) is 1. The zero-order valence-electron chi connectivity index (χ0n) is 16.4. The molecular weight excluding hydrogens is 380 g/mol. The number of fused-ring (bicyclic) bond motifs is 1. The Bertz CT molecular complexity index is 1300. The first-order valence-corrected chi connectivity index (χ1v) is 9.86. The van der Waals surface area contributed by atoms with E-state index < -0.39 is 0 Å². The van der Waals surface area contributed by atoms with Crippen LogP contribution in [0.15, 0.2) is 59.7 Å². The zero-order chi connectivity index (χ0) is 20.7. The maximum atomic E-state index is 12.8. The van der Waals surface area contributed by atoms with Crippen molar-refractivity contribution < 1.29 is 4.79 Å². The molecule has 0 saturated heterocycles. The fourth-order valence-corrected chi connectivity index (χ4v) is 3.40. The standard InChI is InChI=1S/C22H20N6O2/c1-14-3-5-16(6-4-14)20-21(27-12-2-11-23-22(27)25-20)24-18(29)13-28-19(30)10-9-17(26-28)15-7-8-15/h2-6,9-12,15H,7-8,13H2,1H3,(H,24,29). The molecule has 3 heterocycles. The number of hydrogen-bond donors (Lipinski definition) is 1. The number of imidazole rings is 1. The molecule has 0 spiro atoms. The average Bonchev–Trinajstić information content (AvgIpc) is 3.53. The Hall–Kier alpha value is -3.81. The Labute approximate surface area is 172 Å². The van der Waals surface area contributed by atoms with Crippen molar-refractivity contribution in [1.29, 1.82) is 0 Å². The van der Waals surface area contributed by atoms with E-state index >= 15 is 0 Å². The first kappa shape index (κ1) is 18.2. The molecular formula is C22H20N6O2. The van der Waals surface area contributed by atoms with Gasteiger partial charge in [0, 0.05) is 29.9 Å². The number of carbonyl (C=O) groups is 1. The van der Waals surface area contributed by atoms with Gasteiger partial charge in [0.1, 0.15) is 18.1 Å². The highest BCUT2D eigenvalue weighted by atomic mass is 16.2. The van der Waals surface area contributed by atoms with Crippen LogP contribution in [0.1, 0.15) is 30.0 Å². The molecule has 0 atom stereocenters. The van der Waals surface area contributed by atoms with Crippen LogP contribution in [0.4, 0.5) is 5.82 Å². The number of carbonyl (C=O) groups excluding carboxylic acids is 1. The van der Waals surface area contributed by atoms with Crippen LogP contribution >= 0.6 is 0 Å². The molecule has 8 heteroatoms. The summed E-state index contributed by atoms with van der Waals surface area (Å²) in [5, 5.41) is 7.27. The molecule has 1 saturated carbocycles. The van der Waals surface area contributed by atoms with Gasteiger partial charge in [-0.1, -0.05) is 29.8 Å². The number of aryl methyl sites for hydroxylation is 1. The Morgan fingerprint density at radius 1 is 1.17 bits per heavy atom. The molecule has 1 fully saturated rings. The molecule has 5 rings (SSSR count). The highest BCUT2D eigenvalue weighted by Crippen LogP contribution is 2.38. The van der Waals surface area contributed by atoms with Gasteiger partial charge >= 0.3 is 0 Å². The van der Waals surface area contributed by atoms with Gasteiger partial charge in [-0.05, 0) is 31.9 Å². The van der Waals surface area contributed by atoms with Crippen LogP contribution in [-0.4, -0.2) is 30.1 Å². The van der Waals surface area contributed by atoms with E-state index in [-0.39, 0.29) is 18.0 Å². The summed E-state index contributed by atoms with van der Waals surface area (Å²) in [6.45, 7) is 1.85. The van der Waals surface area contributed by atoms with Crippen molar-refractivity contribution in [2.24, 2.45) is 0 Å². The molecule has 0 unspecified atom stereocenters. The molecule has 3 aromatic heterocycles. The van der Waals surface area contributed by atoms with Gasteiger partial charge in [-0.15, -0.1) is 0 Å². The average molecular weight is 400 g/mol. The molecule has 4 aromatic rings. The van der Waals surface area contributed by atoms with Crippen LogP contribution in [0.3, 0.4) is 0 Å². The van der Waals surface area contributed by atoms with Crippen molar-refractivity contribution in [3.8, 4) is 11.3 Å². The quantitative estimate of drug-likeness (QED) is 0.556. The van der Waals surface area contributed by atoms with Gasteiger partial charge in [0.2, 0.25) is 11.7 Å². The Balaban J connectivity index is 1.48. The van der Waals surface area contributed by atoms with Crippen LogP contribution in [0.2, 0.25) is 0 Å². The minimum absolute atomic E-state index is 0.166. The van der Waals surface area contributed by atoms with Crippen LogP contribution in [-0.2, 0) is 11.3 Å². The predicted molar refractivity (Wildman–Crippen MR) is 112 cm³/mol. The maximum absolute atomic E-state index is 12.8. The molecule has 1 aliphatic carbocycles. The first-order chi connectivity index (χ1) is 14.6. The zero-order valence-corrected chi connectivity index (χ0v) is 16.4. The van der Waals surface area contributed by atoms with Crippen molar-refractivity contribution in [2.45, 2.75) is 32.2 Å². The molecule has 0 bridgehead atoms. The van der Waals surface area contributed by atoms with Crippen LogP contribution in [0, 0.1) is 6.92 Å². The molecule has 8 nitrogen and oxygen atoms in total. The summed E-state index contributed by atoms with van der Waals surface area (Å²) in [6.07, 6.45) is 5.60. The molecule has 0 aliphatic heterocycles. The smallest absolute Gasteiger partial charge is 0.267 e. The van der Waals surface area contributed by atoms with Crippen molar-refractivity contribution in [1.82, 2.24) is 24.1 Å². The Morgan fingerprint density at radius 2 is 1.97 bits per heavy atom. The molecule has 1 aromatic carbocycles. The molecule has 30 heavy (non-hydrogen) atoms. The van der Waals surface area contributed by atoms with Gasteiger partial charge in [-0.25, -0.2) is 14.6 Å². The van der Waals surface area contributed by atoms with Gasteiger partial charge in [0.05, 0.1) is 5.69 Å². The summed E-state index contributed by atoms with van der Waals surface area (Å²) in [5.74, 6) is 1.04. The number of amides is 1. The minimum Gasteiger partial charge on any atom is -0.308 e. The number of aromatic nitrogens is 5. The van der Waals surface area contributed by atoms with Crippen molar-refractivity contribution in [3.63, 3.8) is 0 Å². The van der Waals surface area contributed by atoms with Crippen LogP contribution < -0.4 is 10.9 Å². The second-order valence-electron chi connectivity index (χ2n) is 7.54. The summed E-state index contributed by atoms with van der Waals surface area (Å²) in [7, 11) is 0. The van der Waals surface area contributed by atoms with E-state index in [4.69, 9.17) is 0 Å². The Kier molecular flexibility index (Phi) is 4.39. The van der Waals surface area contributed by atoms with Crippen LogP contribution in [0.5, 0.6) is 0 Å². The number of anilines is 1. The van der Waals surface area contributed by atoms with Gasteiger partial charge < -0.3 is 5.32 Å². The number of hydrogen-bond acceptors (Lipinski definition) is 5. The van der Waals surface area contributed by atoms with E-state index in [0.717, 1.165) is 29.7 Å². The third-order valence-corrected chi connectivity index (χ3v) is 5.16. The summed E-state index contributed by atoms with van der Waals surface area (Å²) in [5.41, 5.74) is 3.18. The lowest BCUT2D eigenvalue weighted by Gasteiger charge is -2.09. The number of benzene rings is 1. The normalized spacial score (nSPS) is 13.5. The molecule has 150 valence electrons. The topological polar surface area (TPSA) is 94.2 Å². The summed E-state index contributed by atoms with van der Waals surface area (Å²) in [6, 6.07) is 12.9. The SMILES string of the molecule is Cc1ccc(-c2nc3ncccn3c2NC(=O)Cn2nc(C3CC3)ccc2=O)cc1. The fraction of sp³-hybridized carbons (Fsp3) is 0.227. The summed E-state index contributed by atoms with van der Waals surface area (Å²) in [4.78, 5) is 33.9. The molecule has 1 N–H and O–H groups in total. The lowest BCUT2D eigenvalue weighted by molar-refractivity contribution is -0.117. The lowest BCUT2D eigenvalue weighted by Crippen LogP contribution is -2.30. The molecule has 1 amide bonds. The van der Waals surface area contributed by atoms with E-state index in [0.29, 0.717) is 23.2 Å². The van der Waals surface area contributed by atoms with Crippen molar-refractivity contribution in [3.05, 3.63) is 76.5 Å². The van der Waals surface area contributed by atoms with E-state index in [1.807, 2.05) is 31.2 Å². The number of rotatable bonds is 5. The van der Waals surface area contributed by atoms with Crippen molar-refractivity contribution >= 4 is 17.5 Å². The second-order valence-corrected chi connectivity index (χ2v) is 7.54. The minimum atomic E-state index is -0.350. The molecule has 0 radical (unpaired) electrons. The third-order valence-electron chi connectivity index (χ3n) is 5.16.